The van der Waals surface area contributed by atoms with E-state index >= 15 is 0 Å². The average molecular weight is 782 g/mol. The summed E-state index contributed by atoms with van der Waals surface area (Å²) in [4.78, 5) is 66.2. The van der Waals surface area contributed by atoms with E-state index in [1.807, 2.05) is 60.7 Å². The van der Waals surface area contributed by atoms with Crippen LogP contribution in [0.15, 0.2) is 103 Å². The van der Waals surface area contributed by atoms with Gasteiger partial charge in [-0.2, -0.15) is 0 Å². The van der Waals surface area contributed by atoms with Crippen molar-refractivity contribution in [2.24, 2.45) is 0 Å². The van der Waals surface area contributed by atoms with Crippen molar-refractivity contribution in [3.8, 4) is 0 Å². The van der Waals surface area contributed by atoms with Crippen LogP contribution in [0.5, 0.6) is 0 Å². The van der Waals surface area contributed by atoms with Crippen LogP contribution in [0.3, 0.4) is 0 Å². The number of hydrogen-bond donors (Lipinski definition) is 3. The van der Waals surface area contributed by atoms with E-state index in [0.717, 1.165) is 0 Å². The van der Waals surface area contributed by atoms with E-state index in [1.54, 1.807) is 71.3 Å². The van der Waals surface area contributed by atoms with Gasteiger partial charge in [-0.1, -0.05) is 78.9 Å². The van der Waals surface area contributed by atoms with E-state index in [2.05, 4.69) is 10.6 Å². The Kier molecular flexibility index (Phi) is 14.2. The number of benzene rings is 3. The van der Waals surface area contributed by atoms with Crippen molar-refractivity contribution in [2.75, 3.05) is 27.2 Å². The largest absolute Gasteiger partial charge is 0.460 e. The fourth-order valence-corrected chi connectivity index (χ4v) is 6.53. The molecule has 1 aliphatic carbocycles. The van der Waals surface area contributed by atoms with Crippen LogP contribution in [0.2, 0.25) is 0 Å². The summed E-state index contributed by atoms with van der Waals surface area (Å²) in [5.74, 6) is -3.69. The number of aliphatic hydroxyl groups is 1. The van der Waals surface area contributed by atoms with Crippen LogP contribution >= 0.6 is 0 Å². The zero-order valence-electron chi connectivity index (χ0n) is 32.9. The number of nitrogens with one attached hydrogen (secondary N) is 2. The van der Waals surface area contributed by atoms with Crippen LogP contribution in [-0.4, -0.2) is 96.9 Å². The minimum absolute atomic E-state index is 0.0155. The fraction of sp³-hybridized carbons (Fsp3) is 0.386. The number of aliphatic hydroxyl groups excluding tert-OH is 1. The summed E-state index contributed by atoms with van der Waals surface area (Å²) in [6, 6.07) is 24.8. The maximum Gasteiger partial charge on any atom is 0.339 e. The molecule has 0 spiro atoms. The lowest BCUT2D eigenvalue weighted by atomic mass is 9.91. The van der Waals surface area contributed by atoms with Crippen molar-refractivity contribution in [3.05, 3.63) is 125 Å². The van der Waals surface area contributed by atoms with Crippen LogP contribution in [0, 0.1) is 0 Å². The summed E-state index contributed by atoms with van der Waals surface area (Å²) in [5, 5.41) is 15.3. The van der Waals surface area contributed by atoms with Crippen LogP contribution in [0.1, 0.15) is 73.5 Å². The summed E-state index contributed by atoms with van der Waals surface area (Å²) in [6.07, 6.45) is 2.01. The van der Waals surface area contributed by atoms with Gasteiger partial charge in [0.05, 0.1) is 18.2 Å². The standard InChI is InChI=1S/C44H51N3O10/c1-43(2,3)56-39(51)23-21-33(28-48)46-37(49)24-25-45-41(52)30-26-35(54-42(53)34-19-13-12-14-29(34)20-22-38(50)47(4)5)40-36(27-30)55-44(57-40,31-15-8-6-9-16-31)32-17-10-7-11-18-32/h6-20,22,27,33,35-36,40,48H,21,23-26,28H2,1-5H3,(H,45,52)(H,46,49)/t33-,35+,36+,40-/m0/s1. The summed E-state index contributed by atoms with van der Waals surface area (Å²) >= 11 is 0. The van der Waals surface area contributed by atoms with Crippen LogP contribution in [-0.2, 0) is 43.9 Å². The molecule has 3 aromatic rings. The van der Waals surface area contributed by atoms with Gasteiger partial charge in [0.15, 0.2) is 0 Å². The molecule has 0 radical (unpaired) electrons. The Bertz CT molecular complexity index is 1920. The molecule has 3 aromatic carbocycles. The van der Waals surface area contributed by atoms with Crippen molar-refractivity contribution >= 4 is 35.7 Å². The summed E-state index contributed by atoms with van der Waals surface area (Å²) in [7, 11) is 3.25. The highest BCUT2D eigenvalue weighted by Gasteiger charge is 2.55. The topological polar surface area (TPSA) is 170 Å². The maximum absolute atomic E-state index is 13.9. The third kappa shape index (κ3) is 11.2. The van der Waals surface area contributed by atoms with Crippen molar-refractivity contribution in [2.45, 2.75) is 82.2 Å². The Morgan fingerprint density at radius 1 is 0.912 bits per heavy atom. The summed E-state index contributed by atoms with van der Waals surface area (Å²) in [5.41, 5.74) is 1.71. The Labute approximate surface area is 333 Å². The lowest BCUT2D eigenvalue weighted by molar-refractivity contribution is -0.157. The van der Waals surface area contributed by atoms with Gasteiger partial charge in [-0.15, -0.1) is 0 Å². The number of amides is 3. The molecular formula is C44H51N3O10. The van der Waals surface area contributed by atoms with E-state index in [0.29, 0.717) is 16.7 Å². The normalized spacial score (nSPS) is 19.1. The lowest BCUT2D eigenvalue weighted by Gasteiger charge is -2.31. The number of fused-ring (bicyclic) bond motifs is 1. The molecule has 1 aliphatic heterocycles. The van der Waals surface area contributed by atoms with Gasteiger partial charge in [-0.3, -0.25) is 19.2 Å². The average Bonchev–Trinajstić information content (AvgIpc) is 3.60. The second-order valence-electron chi connectivity index (χ2n) is 15.1. The molecule has 5 rings (SSSR count). The van der Waals surface area contributed by atoms with E-state index < -0.39 is 59.5 Å². The van der Waals surface area contributed by atoms with Gasteiger partial charge >= 0.3 is 11.9 Å². The van der Waals surface area contributed by atoms with Crippen molar-refractivity contribution < 1.29 is 48.0 Å². The van der Waals surface area contributed by atoms with Crippen LogP contribution in [0.25, 0.3) is 6.08 Å². The molecule has 3 N–H and O–H groups in total. The van der Waals surface area contributed by atoms with Crippen LogP contribution in [0.4, 0.5) is 0 Å². The predicted octanol–water partition coefficient (Wildman–Crippen LogP) is 4.43. The fourth-order valence-electron chi connectivity index (χ4n) is 6.53. The molecule has 1 fully saturated rings. The first-order chi connectivity index (χ1) is 27.2. The molecule has 13 heteroatoms. The molecule has 0 unspecified atom stereocenters. The second kappa shape index (κ2) is 19.0. The van der Waals surface area contributed by atoms with Gasteiger partial charge in [-0.05, 0) is 51.0 Å². The van der Waals surface area contributed by atoms with Gasteiger partial charge in [0.2, 0.25) is 23.5 Å². The highest BCUT2D eigenvalue weighted by atomic mass is 16.8. The SMILES string of the molecule is CN(C)C(=O)C=Cc1ccccc1C(=O)O[C@@H]1CC(C(=O)NCCC(=O)N[C@H](CO)CCC(=O)OC(C)(C)C)=C[C@H]2OC(c3ccccc3)(c3ccccc3)O[C@H]21. The number of nitrogens with zero attached hydrogens (tertiary/aromatic N) is 1. The third-order valence-electron chi connectivity index (χ3n) is 9.31. The minimum Gasteiger partial charge on any atom is -0.460 e. The molecule has 302 valence electrons. The Morgan fingerprint density at radius 3 is 2.16 bits per heavy atom. The van der Waals surface area contributed by atoms with Gasteiger partial charge in [0, 0.05) is 62.7 Å². The van der Waals surface area contributed by atoms with Crippen molar-refractivity contribution in [3.63, 3.8) is 0 Å². The molecule has 1 heterocycles. The molecule has 1 saturated heterocycles. The molecule has 0 aromatic heterocycles. The van der Waals surface area contributed by atoms with Crippen molar-refractivity contribution in [1.29, 1.82) is 0 Å². The molecule has 0 bridgehead atoms. The maximum atomic E-state index is 13.9. The van der Waals surface area contributed by atoms with Gasteiger partial charge in [0.1, 0.15) is 23.9 Å². The quantitative estimate of drug-likeness (QED) is 0.148. The molecular weight excluding hydrogens is 730 g/mol. The number of rotatable bonds is 15. The molecule has 57 heavy (non-hydrogen) atoms. The van der Waals surface area contributed by atoms with E-state index in [1.165, 1.54) is 11.0 Å². The van der Waals surface area contributed by atoms with E-state index in [-0.39, 0.29) is 55.9 Å². The Hall–Kier alpha value is -5.63. The van der Waals surface area contributed by atoms with Gasteiger partial charge < -0.3 is 39.6 Å². The number of ether oxygens (including phenoxy) is 4. The Morgan fingerprint density at radius 2 is 1.54 bits per heavy atom. The highest BCUT2D eigenvalue weighted by Crippen LogP contribution is 2.47. The monoisotopic (exact) mass is 781 g/mol. The number of carbonyl (C=O) groups excluding carboxylic acids is 5. The molecule has 0 saturated carbocycles. The zero-order valence-corrected chi connectivity index (χ0v) is 32.9. The smallest absolute Gasteiger partial charge is 0.339 e. The third-order valence-corrected chi connectivity index (χ3v) is 9.31. The molecule has 3 amide bonds. The minimum atomic E-state index is -1.40. The van der Waals surface area contributed by atoms with E-state index in [4.69, 9.17) is 18.9 Å². The lowest BCUT2D eigenvalue weighted by Crippen LogP contribution is -2.44. The number of esters is 2. The second-order valence-corrected chi connectivity index (χ2v) is 15.1. The predicted molar refractivity (Wildman–Crippen MR) is 211 cm³/mol. The highest BCUT2D eigenvalue weighted by molar-refractivity contribution is 5.97. The summed E-state index contributed by atoms with van der Waals surface area (Å²) < 4.78 is 25.1. The molecule has 2 aliphatic rings. The number of likely N-dealkylation sites (N-methyl/N-ethyl adjacent to an activating group) is 1. The number of hydrogen-bond acceptors (Lipinski definition) is 10. The first-order valence-corrected chi connectivity index (χ1v) is 19.0. The Balaban J connectivity index is 1.34. The molecule has 13 nitrogen and oxygen atoms in total. The van der Waals surface area contributed by atoms with E-state index in [9.17, 15) is 29.1 Å². The van der Waals surface area contributed by atoms with Gasteiger partial charge in [-0.25, -0.2) is 4.79 Å². The van der Waals surface area contributed by atoms with Gasteiger partial charge in [0.25, 0.3) is 0 Å². The first kappa shape index (κ1) is 42.5. The van der Waals surface area contributed by atoms with Crippen LogP contribution < -0.4 is 10.6 Å². The van der Waals surface area contributed by atoms with Crippen molar-refractivity contribution in [1.82, 2.24) is 15.5 Å². The first-order valence-electron chi connectivity index (χ1n) is 19.0. The molecule has 4 atom stereocenters. The summed E-state index contributed by atoms with van der Waals surface area (Å²) in [6.45, 7) is 4.86. The number of carbonyl (C=O) groups is 5. The zero-order chi connectivity index (χ0) is 41.2.